The highest BCUT2D eigenvalue weighted by atomic mass is 19.4. The van der Waals surface area contributed by atoms with Gasteiger partial charge in [0, 0.05) is 11.6 Å². The number of carbonyl (C=O) groups is 1. The third kappa shape index (κ3) is 3.24. The Bertz CT molecular complexity index is 685. The molecule has 1 nitrogen and oxygen atoms in total. The van der Waals surface area contributed by atoms with Gasteiger partial charge in [-0.05, 0) is 30.3 Å². The van der Waals surface area contributed by atoms with E-state index in [1.807, 2.05) is 0 Å². The third-order valence-corrected chi connectivity index (χ3v) is 2.66. The number of ketones is 1. The van der Waals surface area contributed by atoms with E-state index >= 15 is 0 Å². The van der Waals surface area contributed by atoms with Gasteiger partial charge in [-0.25, -0.2) is 13.2 Å². The smallest absolute Gasteiger partial charge is 0.288 e. The number of alkyl halides is 3. The first-order valence-corrected chi connectivity index (χ1v) is 5.56. The summed E-state index contributed by atoms with van der Waals surface area (Å²) in [4.78, 5) is 11.9. The second-order valence-electron chi connectivity index (χ2n) is 4.18. The monoisotopic (exact) mass is 304 g/mol. The van der Waals surface area contributed by atoms with E-state index in [1.54, 1.807) is 0 Å². The zero-order valence-corrected chi connectivity index (χ0v) is 10.1. The topological polar surface area (TPSA) is 17.1 Å². The summed E-state index contributed by atoms with van der Waals surface area (Å²) in [5, 5.41) is 0. The molecule has 0 saturated carbocycles. The van der Waals surface area contributed by atoms with Crippen LogP contribution in [0.5, 0.6) is 0 Å². The van der Waals surface area contributed by atoms with E-state index in [-0.39, 0.29) is 0 Å². The Morgan fingerprint density at radius 3 is 1.95 bits per heavy atom. The van der Waals surface area contributed by atoms with Crippen LogP contribution in [0.4, 0.5) is 26.3 Å². The van der Waals surface area contributed by atoms with Crippen molar-refractivity contribution >= 4 is 5.78 Å². The molecule has 0 aliphatic rings. The summed E-state index contributed by atoms with van der Waals surface area (Å²) in [6.45, 7) is 0. The Labute approximate surface area is 114 Å². The lowest BCUT2D eigenvalue weighted by atomic mass is 10.0. The maximum atomic E-state index is 13.5. The van der Waals surface area contributed by atoms with Crippen LogP contribution in [-0.4, -0.2) is 5.78 Å². The van der Waals surface area contributed by atoms with Gasteiger partial charge >= 0.3 is 6.18 Å². The standard InChI is InChI=1S/C14H6F6O/c15-9-3-7(4-10(16)6-9)13(21)11-5-8(14(18,19)20)1-2-12(11)17/h1-6H. The van der Waals surface area contributed by atoms with Crippen molar-refractivity contribution in [1.82, 2.24) is 0 Å². The van der Waals surface area contributed by atoms with Crippen molar-refractivity contribution in [3.63, 3.8) is 0 Å². The normalized spacial score (nSPS) is 11.5. The van der Waals surface area contributed by atoms with Crippen LogP contribution in [0.25, 0.3) is 0 Å². The average Bonchev–Trinajstić information content (AvgIpc) is 2.36. The van der Waals surface area contributed by atoms with Crippen LogP contribution < -0.4 is 0 Å². The molecule has 0 unspecified atom stereocenters. The highest BCUT2D eigenvalue weighted by molar-refractivity contribution is 6.09. The molecule has 2 aromatic rings. The van der Waals surface area contributed by atoms with Gasteiger partial charge in [0.05, 0.1) is 11.1 Å². The molecule has 21 heavy (non-hydrogen) atoms. The molecule has 0 heterocycles. The van der Waals surface area contributed by atoms with E-state index in [0.717, 1.165) is 0 Å². The summed E-state index contributed by atoms with van der Waals surface area (Å²) in [6, 6.07) is 2.97. The molecule has 0 fully saturated rings. The molecule has 0 spiro atoms. The van der Waals surface area contributed by atoms with Gasteiger partial charge in [0.2, 0.25) is 0 Å². The maximum absolute atomic E-state index is 13.5. The summed E-state index contributed by atoms with van der Waals surface area (Å²) in [7, 11) is 0. The highest BCUT2D eigenvalue weighted by Crippen LogP contribution is 2.31. The first kappa shape index (κ1) is 15.1. The first-order chi connectivity index (χ1) is 9.68. The number of rotatable bonds is 2. The third-order valence-electron chi connectivity index (χ3n) is 2.66. The summed E-state index contributed by atoms with van der Waals surface area (Å²) >= 11 is 0. The summed E-state index contributed by atoms with van der Waals surface area (Å²) in [5.41, 5.74) is -2.72. The van der Waals surface area contributed by atoms with Crippen LogP contribution in [0.3, 0.4) is 0 Å². The largest absolute Gasteiger partial charge is 0.416 e. The van der Waals surface area contributed by atoms with Crippen molar-refractivity contribution < 1.29 is 31.1 Å². The molecule has 7 heteroatoms. The Kier molecular flexibility index (Phi) is 3.76. The van der Waals surface area contributed by atoms with Crippen molar-refractivity contribution in [3.05, 3.63) is 70.5 Å². The number of halogens is 6. The Balaban J connectivity index is 2.52. The van der Waals surface area contributed by atoms with Gasteiger partial charge < -0.3 is 0 Å². The van der Waals surface area contributed by atoms with Crippen LogP contribution in [0, 0.1) is 17.5 Å². The van der Waals surface area contributed by atoms with Gasteiger partial charge in [-0.2, -0.15) is 13.2 Å². The number of carbonyl (C=O) groups excluding carboxylic acids is 1. The minimum Gasteiger partial charge on any atom is -0.288 e. The van der Waals surface area contributed by atoms with Gasteiger partial charge in [-0.15, -0.1) is 0 Å². The van der Waals surface area contributed by atoms with E-state index in [9.17, 15) is 31.1 Å². The predicted octanol–water partition coefficient (Wildman–Crippen LogP) is 4.35. The lowest BCUT2D eigenvalue weighted by molar-refractivity contribution is -0.137. The molecule has 0 aliphatic carbocycles. The second kappa shape index (κ2) is 5.23. The van der Waals surface area contributed by atoms with Crippen LogP contribution in [0.15, 0.2) is 36.4 Å². The zero-order valence-electron chi connectivity index (χ0n) is 10.1. The molecule has 0 saturated heterocycles. The summed E-state index contributed by atoms with van der Waals surface area (Å²) in [5.74, 6) is -4.63. The van der Waals surface area contributed by atoms with E-state index < -0.39 is 46.1 Å². The van der Waals surface area contributed by atoms with Crippen molar-refractivity contribution in [2.75, 3.05) is 0 Å². The summed E-state index contributed by atoms with van der Waals surface area (Å²) in [6.07, 6.45) is -4.77. The molecule has 0 N–H and O–H groups in total. The molecule has 110 valence electrons. The molecule has 0 bridgehead atoms. The van der Waals surface area contributed by atoms with Crippen LogP contribution in [0.2, 0.25) is 0 Å². The molecule has 0 radical (unpaired) electrons. The molecule has 2 rings (SSSR count). The van der Waals surface area contributed by atoms with E-state index in [2.05, 4.69) is 0 Å². The lowest BCUT2D eigenvalue weighted by Crippen LogP contribution is -2.10. The van der Waals surface area contributed by atoms with E-state index in [0.29, 0.717) is 36.4 Å². The first-order valence-electron chi connectivity index (χ1n) is 5.56. The summed E-state index contributed by atoms with van der Waals surface area (Å²) < 4.78 is 77.2. The Morgan fingerprint density at radius 1 is 0.857 bits per heavy atom. The minimum atomic E-state index is -4.77. The van der Waals surface area contributed by atoms with Gasteiger partial charge in [0.15, 0.2) is 5.78 Å². The fourth-order valence-corrected chi connectivity index (χ4v) is 1.72. The van der Waals surface area contributed by atoms with Gasteiger partial charge in [-0.1, -0.05) is 0 Å². The second-order valence-corrected chi connectivity index (χ2v) is 4.18. The predicted molar refractivity (Wildman–Crippen MR) is 61.2 cm³/mol. The number of benzene rings is 2. The molecule has 0 aromatic heterocycles. The molecule has 0 aliphatic heterocycles. The fourth-order valence-electron chi connectivity index (χ4n) is 1.72. The van der Waals surface area contributed by atoms with Gasteiger partial charge in [-0.3, -0.25) is 4.79 Å². The van der Waals surface area contributed by atoms with E-state index in [4.69, 9.17) is 0 Å². The van der Waals surface area contributed by atoms with Crippen LogP contribution >= 0.6 is 0 Å². The molecule has 0 atom stereocenters. The van der Waals surface area contributed by atoms with Gasteiger partial charge in [0.25, 0.3) is 0 Å². The Hall–Kier alpha value is -2.31. The SMILES string of the molecule is O=C(c1cc(F)cc(F)c1)c1cc(C(F)(F)F)ccc1F. The quantitative estimate of drug-likeness (QED) is 0.595. The van der Waals surface area contributed by atoms with Gasteiger partial charge in [0.1, 0.15) is 17.5 Å². The fraction of sp³-hybridized carbons (Fsp3) is 0.0714. The maximum Gasteiger partial charge on any atom is 0.416 e. The van der Waals surface area contributed by atoms with Crippen LogP contribution in [0.1, 0.15) is 21.5 Å². The van der Waals surface area contributed by atoms with Crippen molar-refractivity contribution in [3.8, 4) is 0 Å². The minimum absolute atomic E-state index is 0.306. The molecule has 0 amide bonds. The Morgan fingerprint density at radius 2 is 1.43 bits per heavy atom. The van der Waals surface area contributed by atoms with E-state index in [1.165, 1.54) is 0 Å². The molecule has 2 aromatic carbocycles. The number of hydrogen-bond acceptors (Lipinski definition) is 1. The van der Waals surface area contributed by atoms with Crippen LogP contribution in [-0.2, 0) is 6.18 Å². The molecular weight excluding hydrogens is 298 g/mol. The van der Waals surface area contributed by atoms with Crippen molar-refractivity contribution in [2.45, 2.75) is 6.18 Å². The zero-order chi connectivity index (χ0) is 15.8. The average molecular weight is 304 g/mol. The number of hydrogen-bond donors (Lipinski definition) is 0. The van der Waals surface area contributed by atoms with Crippen molar-refractivity contribution in [1.29, 1.82) is 0 Å². The highest BCUT2D eigenvalue weighted by Gasteiger charge is 2.32. The lowest BCUT2D eigenvalue weighted by Gasteiger charge is -2.09. The molecular formula is C14H6F6O. The van der Waals surface area contributed by atoms with Crippen molar-refractivity contribution in [2.24, 2.45) is 0 Å².